The van der Waals surface area contributed by atoms with Crippen molar-refractivity contribution in [3.8, 4) is 0 Å². The Kier molecular flexibility index (Phi) is 3.51. The number of nitrogens with two attached hydrogens (primary N) is 1. The number of non-ortho nitro benzene ring substituents is 1. The van der Waals surface area contributed by atoms with Crippen LogP contribution in [0.2, 0.25) is 0 Å². The van der Waals surface area contributed by atoms with Crippen molar-refractivity contribution in [2.24, 2.45) is 5.92 Å². The number of piperidine rings is 1. The number of hydrogen-bond donors (Lipinski definition) is 1. The molecule has 3 rings (SSSR count). The van der Waals surface area contributed by atoms with Crippen molar-refractivity contribution in [2.45, 2.75) is 44.6 Å². The molecule has 2 N–H and O–H groups in total. The Morgan fingerprint density at radius 2 is 1.95 bits per heavy atom. The number of benzene rings is 1. The molecule has 108 valence electrons. The maximum absolute atomic E-state index is 10.8. The minimum atomic E-state index is -0.389. The van der Waals surface area contributed by atoms with E-state index in [4.69, 9.17) is 5.73 Å². The highest BCUT2D eigenvalue weighted by Crippen LogP contribution is 2.40. The first-order valence-electron chi connectivity index (χ1n) is 7.47. The van der Waals surface area contributed by atoms with Gasteiger partial charge >= 0.3 is 0 Å². The number of nitro groups is 1. The van der Waals surface area contributed by atoms with Crippen molar-refractivity contribution in [3.63, 3.8) is 0 Å². The maximum Gasteiger partial charge on any atom is 0.271 e. The number of nitro benzene ring substituents is 1. The van der Waals surface area contributed by atoms with Gasteiger partial charge in [0.05, 0.1) is 16.3 Å². The summed E-state index contributed by atoms with van der Waals surface area (Å²) in [5.74, 6) is 0.770. The van der Waals surface area contributed by atoms with Crippen LogP contribution in [0, 0.1) is 16.0 Å². The summed E-state index contributed by atoms with van der Waals surface area (Å²) in [5, 5.41) is 10.8. The van der Waals surface area contributed by atoms with E-state index in [1.807, 2.05) is 6.07 Å². The Morgan fingerprint density at radius 1 is 1.20 bits per heavy atom. The zero-order valence-electron chi connectivity index (χ0n) is 11.6. The molecule has 1 saturated heterocycles. The lowest BCUT2D eigenvalue weighted by Crippen LogP contribution is -2.47. The third kappa shape index (κ3) is 2.32. The molecule has 0 bridgehead atoms. The Balaban J connectivity index is 1.89. The predicted molar refractivity (Wildman–Crippen MR) is 79.8 cm³/mol. The molecule has 1 aliphatic heterocycles. The van der Waals surface area contributed by atoms with Crippen LogP contribution in [0.5, 0.6) is 0 Å². The van der Waals surface area contributed by atoms with Gasteiger partial charge in [-0.05, 0) is 37.7 Å². The molecule has 2 atom stereocenters. The van der Waals surface area contributed by atoms with Crippen molar-refractivity contribution in [1.29, 1.82) is 0 Å². The molecule has 2 aliphatic rings. The summed E-state index contributed by atoms with van der Waals surface area (Å²) in [7, 11) is 0. The Morgan fingerprint density at radius 3 is 2.70 bits per heavy atom. The van der Waals surface area contributed by atoms with Crippen LogP contribution in [0.1, 0.15) is 38.5 Å². The minimum Gasteiger partial charge on any atom is -0.397 e. The lowest BCUT2D eigenvalue weighted by molar-refractivity contribution is -0.384. The van der Waals surface area contributed by atoms with Crippen molar-refractivity contribution in [2.75, 3.05) is 17.2 Å². The van der Waals surface area contributed by atoms with Gasteiger partial charge in [0, 0.05) is 24.7 Å². The van der Waals surface area contributed by atoms with Gasteiger partial charge in [0.1, 0.15) is 0 Å². The molecule has 1 saturated carbocycles. The molecule has 0 radical (unpaired) electrons. The van der Waals surface area contributed by atoms with Crippen molar-refractivity contribution >= 4 is 17.1 Å². The summed E-state index contributed by atoms with van der Waals surface area (Å²) in [5.41, 5.74) is 7.65. The monoisotopic (exact) mass is 275 g/mol. The zero-order valence-corrected chi connectivity index (χ0v) is 11.6. The smallest absolute Gasteiger partial charge is 0.271 e. The van der Waals surface area contributed by atoms with Gasteiger partial charge < -0.3 is 10.6 Å². The lowest BCUT2D eigenvalue weighted by Gasteiger charge is -2.45. The minimum absolute atomic E-state index is 0.0726. The fraction of sp³-hybridized carbons (Fsp3) is 0.600. The maximum atomic E-state index is 10.8. The van der Waals surface area contributed by atoms with E-state index in [1.54, 1.807) is 6.07 Å². The fourth-order valence-corrected chi connectivity index (χ4v) is 3.84. The van der Waals surface area contributed by atoms with Gasteiger partial charge in [-0.3, -0.25) is 10.1 Å². The lowest BCUT2D eigenvalue weighted by atomic mass is 9.78. The van der Waals surface area contributed by atoms with Gasteiger partial charge in [-0.1, -0.05) is 12.8 Å². The molecule has 1 aromatic carbocycles. The van der Waals surface area contributed by atoms with Gasteiger partial charge in [-0.25, -0.2) is 0 Å². The van der Waals surface area contributed by atoms with Gasteiger partial charge in [-0.2, -0.15) is 0 Å². The van der Waals surface area contributed by atoms with Crippen LogP contribution in [0.3, 0.4) is 0 Å². The highest BCUT2D eigenvalue weighted by atomic mass is 16.6. The molecule has 20 heavy (non-hydrogen) atoms. The largest absolute Gasteiger partial charge is 0.397 e. The molecule has 1 aromatic rings. The summed E-state index contributed by atoms with van der Waals surface area (Å²) in [6.07, 6.45) is 7.66. The summed E-state index contributed by atoms with van der Waals surface area (Å²) in [4.78, 5) is 12.8. The second-order valence-electron chi connectivity index (χ2n) is 5.95. The van der Waals surface area contributed by atoms with E-state index < -0.39 is 0 Å². The summed E-state index contributed by atoms with van der Waals surface area (Å²) in [6, 6.07) is 5.45. The van der Waals surface area contributed by atoms with Crippen LogP contribution in [-0.2, 0) is 0 Å². The highest BCUT2D eigenvalue weighted by Gasteiger charge is 2.34. The van der Waals surface area contributed by atoms with E-state index >= 15 is 0 Å². The first-order chi connectivity index (χ1) is 9.66. The van der Waals surface area contributed by atoms with Crippen LogP contribution < -0.4 is 10.6 Å². The normalized spacial score (nSPS) is 26.1. The van der Waals surface area contributed by atoms with Crippen LogP contribution >= 0.6 is 0 Å². The number of hydrogen-bond acceptors (Lipinski definition) is 4. The molecule has 0 unspecified atom stereocenters. The molecule has 5 heteroatoms. The summed E-state index contributed by atoms with van der Waals surface area (Å²) >= 11 is 0. The molecular weight excluding hydrogens is 254 g/mol. The zero-order chi connectivity index (χ0) is 14.1. The topological polar surface area (TPSA) is 72.4 Å². The van der Waals surface area contributed by atoms with Gasteiger partial charge in [-0.15, -0.1) is 0 Å². The molecule has 1 aliphatic carbocycles. The van der Waals surface area contributed by atoms with Crippen LogP contribution in [0.25, 0.3) is 0 Å². The number of nitrogens with zero attached hydrogens (tertiary/aromatic N) is 2. The highest BCUT2D eigenvalue weighted by molar-refractivity contribution is 5.71. The van der Waals surface area contributed by atoms with E-state index in [-0.39, 0.29) is 10.6 Å². The van der Waals surface area contributed by atoms with E-state index in [9.17, 15) is 10.1 Å². The van der Waals surface area contributed by atoms with Crippen molar-refractivity contribution < 1.29 is 4.92 Å². The predicted octanol–water partition coefficient (Wildman–Crippen LogP) is 3.34. The average molecular weight is 275 g/mol. The van der Waals surface area contributed by atoms with Gasteiger partial charge in [0.15, 0.2) is 0 Å². The molecule has 1 heterocycles. The molecule has 0 spiro atoms. The third-order valence-corrected chi connectivity index (χ3v) is 4.77. The first-order valence-corrected chi connectivity index (χ1v) is 7.47. The second kappa shape index (κ2) is 5.31. The molecule has 5 nitrogen and oxygen atoms in total. The number of nitrogen functional groups attached to an aromatic ring is 1. The Bertz CT molecular complexity index is 516. The standard InChI is InChI=1S/C15H21N3O2/c16-13-10-12(18(19)20)7-8-15(13)17-9-3-5-11-4-1-2-6-14(11)17/h7-8,10-11,14H,1-6,9,16H2/t11-,14-/m1/s1. The first kappa shape index (κ1) is 13.2. The Hall–Kier alpha value is -1.78. The van der Waals surface area contributed by atoms with E-state index in [1.165, 1.54) is 44.6 Å². The van der Waals surface area contributed by atoms with Gasteiger partial charge in [0.2, 0.25) is 0 Å². The van der Waals surface area contributed by atoms with E-state index in [2.05, 4.69) is 4.90 Å². The SMILES string of the molecule is Nc1cc([N+](=O)[O-])ccc1N1CCC[C@H]2CCCC[C@H]21. The van der Waals surface area contributed by atoms with Crippen molar-refractivity contribution in [1.82, 2.24) is 0 Å². The van der Waals surface area contributed by atoms with Crippen LogP contribution in [-0.4, -0.2) is 17.5 Å². The quantitative estimate of drug-likeness (QED) is 0.510. The molecular formula is C15H21N3O2. The fourth-order valence-electron chi connectivity index (χ4n) is 3.84. The van der Waals surface area contributed by atoms with Crippen LogP contribution in [0.4, 0.5) is 17.1 Å². The molecule has 0 amide bonds. The summed E-state index contributed by atoms with van der Waals surface area (Å²) in [6.45, 7) is 1.02. The molecule has 0 aromatic heterocycles. The van der Waals surface area contributed by atoms with Gasteiger partial charge in [0.25, 0.3) is 5.69 Å². The number of anilines is 2. The van der Waals surface area contributed by atoms with E-state index in [0.717, 1.165) is 18.2 Å². The second-order valence-corrected chi connectivity index (χ2v) is 5.95. The number of fused-ring (bicyclic) bond motifs is 1. The molecule has 2 fully saturated rings. The Labute approximate surface area is 118 Å². The number of rotatable bonds is 2. The average Bonchev–Trinajstić information content (AvgIpc) is 2.46. The van der Waals surface area contributed by atoms with Crippen molar-refractivity contribution in [3.05, 3.63) is 28.3 Å². The third-order valence-electron chi connectivity index (χ3n) is 4.77. The van der Waals surface area contributed by atoms with Crippen LogP contribution in [0.15, 0.2) is 18.2 Å². The summed E-state index contributed by atoms with van der Waals surface area (Å²) < 4.78 is 0. The van der Waals surface area contributed by atoms with E-state index in [0.29, 0.717) is 11.7 Å².